The minimum Gasteiger partial charge on any atom is -0.467 e. The van der Waals surface area contributed by atoms with Crippen LogP contribution in [0.5, 0.6) is 0 Å². The van der Waals surface area contributed by atoms with Crippen LogP contribution in [0.1, 0.15) is 45.5 Å². The van der Waals surface area contributed by atoms with E-state index in [9.17, 15) is 9.59 Å². The van der Waals surface area contributed by atoms with Crippen LogP contribution in [0, 0.1) is 13.8 Å². The van der Waals surface area contributed by atoms with Gasteiger partial charge in [0.25, 0.3) is 5.91 Å². The number of halogens is 1. The molecular weight excluding hydrogens is 420 g/mol. The van der Waals surface area contributed by atoms with Crippen LogP contribution in [0.4, 0.5) is 0 Å². The molecule has 1 aliphatic heterocycles. The molecule has 1 atom stereocenters. The number of rotatable bonds is 5. The Morgan fingerprint density at radius 3 is 2.58 bits per heavy atom. The molecule has 0 aliphatic carbocycles. The molecule has 1 amide bonds. The molecule has 0 spiro atoms. The van der Waals surface area contributed by atoms with Gasteiger partial charge in [0.2, 0.25) is 0 Å². The number of amides is 1. The van der Waals surface area contributed by atoms with Gasteiger partial charge in [0.15, 0.2) is 6.61 Å². The Bertz CT molecular complexity index is 1150. The van der Waals surface area contributed by atoms with Crippen molar-refractivity contribution in [3.63, 3.8) is 0 Å². The van der Waals surface area contributed by atoms with Crippen LogP contribution in [-0.4, -0.2) is 39.0 Å². The van der Waals surface area contributed by atoms with Gasteiger partial charge in [-0.1, -0.05) is 23.7 Å². The molecule has 0 N–H and O–H groups in total. The molecule has 160 valence electrons. The summed E-state index contributed by atoms with van der Waals surface area (Å²) in [5.41, 5.74) is 3.17. The van der Waals surface area contributed by atoms with Crippen molar-refractivity contribution in [2.24, 2.45) is 12.1 Å². The van der Waals surface area contributed by atoms with E-state index in [-0.39, 0.29) is 0 Å². The highest BCUT2D eigenvalue weighted by Gasteiger charge is 2.35. The minimum absolute atomic E-state index is 0.365. The van der Waals surface area contributed by atoms with E-state index in [1.165, 1.54) is 5.01 Å². The number of aromatic nitrogens is 2. The number of esters is 1. The Balaban J connectivity index is 1.53. The average Bonchev–Trinajstić information content (AvgIpc) is 3.46. The molecule has 1 aromatic carbocycles. The van der Waals surface area contributed by atoms with Crippen molar-refractivity contribution in [3.05, 3.63) is 76.0 Å². The zero-order valence-electron chi connectivity index (χ0n) is 17.3. The van der Waals surface area contributed by atoms with Crippen molar-refractivity contribution < 1.29 is 18.7 Å². The number of aryl methyl sites for hydroxylation is 2. The number of hydrogen-bond acceptors (Lipinski definition) is 6. The highest BCUT2D eigenvalue weighted by Crippen LogP contribution is 2.33. The number of nitrogens with zero attached hydrogens (tertiary/aromatic N) is 4. The summed E-state index contributed by atoms with van der Waals surface area (Å²) in [6.07, 6.45) is 2.02. The summed E-state index contributed by atoms with van der Waals surface area (Å²) in [5, 5.41) is 10.6. The molecule has 1 unspecified atom stereocenters. The summed E-state index contributed by atoms with van der Waals surface area (Å²) in [6, 6.07) is 10.4. The molecule has 0 fully saturated rings. The fraction of sp³-hybridized carbons (Fsp3) is 0.273. The van der Waals surface area contributed by atoms with Gasteiger partial charge >= 0.3 is 5.97 Å². The molecule has 0 bridgehead atoms. The van der Waals surface area contributed by atoms with E-state index in [2.05, 4.69) is 10.2 Å². The lowest BCUT2D eigenvalue weighted by Gasteiger charge is -2.19. The molecule has 0 saturated carbocycles. The smallest absolute Gasteiger partial charge is 0.342 e. The molecule has 4 rings (SSSR count). The van der Waals surface area contributed by atoms with Gasteiger partial charge in [0.05, 0.1) is 17.7 Å². The first-order chi connectivity index (χ1) is 14.8. The van der Waals surface area contributed by atoms with Crippen molar-refractivity contribution in [2.45, 2.75) is 26.3 Å². The molecule has 0 saturated heterocycles. The number of carbonyl (C=O) groups is 2. The second-order valence-corrected chi connectivity index (χ2v) is 7.71. The molecule has 1 aliphatic rings. The number of hydrogen-bond donors (Lipinski definition) is 0. The number of ether oxygens (including phenoxy) is 1. The number of hydrazone groups is 1. The fourth-order valence-electron chi connectivity index (χ4n) is 3.59. The third kappa shape index (κ3) is 4.11. The lowest BCUT2D eigenvalue weighted by Crippen LogP contribution is -2.31. The fourth-order valence-corrected chi connectivity index (χ4v) is 3.72. The van der Waals surface area contributed by atoms with Crippen LogP contribution < -0.4 is 0 Å². The maximum atomic E-state index is 13.0. The summed E-state index contributed by atoms with van der Waals surface area (Å²) in [6.45, 7) is 3.05. The van der Waals surface area contributed by atoms with E-state index in [0.717, 1.165) is 11.3 Å². The van der Waals surface area contributed by atoms with E-state index in [1.807, 2.05) is 12.1 Å². The first-order valence-electron chi connectivity index (χ1n) is 9.71. The molecule has 2 aromatic heterocycles. The Kier molecular flexibility index (Phi) is 5.65. The zero-order valence-corrected chi connectivity index (χ0v) is 18.1. The van der Waals surface area contributed by atoms with Crippen LogP contribution in [0.2, 0.25) is 5.02 Å². The third-order valence-corrected chi connectivity index (χ3v) is 5.51. The second kappa shape index (κ2) is 8.39. The maximum Gasteiger partial charge on any atom is 0.342 e. The van der Waals surface area contributed by atoms with Crippen molar-refractivity contribution >= 4 is 29.2 Å². The number of furan rings is 1. The normalized spacial score (nSPS) is 15.8. The van der Waals surface area contributed by atoms with Gasteiger partial charge in [-0.3, -0.25) is 9.48 Å². The van der Waals surface area contributed by atoms with Crippen molar-refractivity contribution in [2.75, 3.05) is 6.61 Å². The van der Waals surface area contributed by atoms with Crippen molar-refractivity contribution in [1.29, 1.82) is 0 Å². The standard InChI is InChI=1S/C22H21ClN4O4/c1-13-21(14(2)26(3)24-13)22(29)31-12-20(28)27-18(19-5-4-10-30-19)11-17(25-27)15-6-8-16(23)9-7-15/h4-10,18H,11-12H2,1-3H3. The van der Waals surface area contributed by atoms with Gasteiger partial charge in [-0.2, -0.15) is 10.2 Å². The highest BCUT2D eigenvalue weighted by molar-refractivity contribution is 6.30. The lowest BCUT2D eigenvalue weighted by molar-refractivity contribution is -0.136. The largest absolute Gasteiger partial charge is 0.467 e. The van der Waals surface area contributed by atoms with E-state index in [1.54, 1.807) is 56.1 Å². The first-order valence-corrected chi connectivity index (χ1v) is 10.1. The predicted octanol–water partition coefficient (Wildman–Crippen LogP) is 3.82. The van der Waals surface area contributed by atoms with Crippen LogP contribution in [0.15, 0.2) is 52.2 Å². The Hall–Kier alpha value is -3.39. The van der Waals surface area contributed by atoms with E-state index in [4.69, 9.17) is 20.8 Å². The topological polar surface area (TPSA) is 89.9 Å². The van der Waals surface area contributed by atoms with Gasteiger partial charge in [-0.05, 0) is 43.7 Å². The predicted molar refractivity (Wildman–Crippen MR) is 114 cm³/mol. The van der Waals surface area contributed by atoms with Gasteiger partial charge in [0.1, 0.15) is 17.4 Å². The first kappa shape index (κ1) is 20.9. The summed E-state index contributed by atoms with van der Waals surface area (Å²) in [4.78, 5) is 25.5. The van der Waals surface area contributed by atoms with Crippen LogP contribution in [0.3, 0.4) is 0 Å². The number of carbonyl (C=O) groups excluding carboxylic acids is 2. The van der Waals surface area contributed by atoms with Crippen molar-refractivity contribution in [1.82, 2.24) is 14.8 Å². The van der Waals surface area contributed by atoms with Gasteiger partial charge in [-0.25, -0.2) is 9.80 Å². The lowest BCUT2D eigenvalue weighted by atomic mass is 10.0. The van der Waals surface area contributed by atoms with E-state index >= 15 is 0 Å². The second-order valence-electron chi connectivity index (χ2n) is 7.27. The summed E-state index contributed by atoms with van der Waals surface area (Å²) >= 11 is 5.98. The Morgan fingerprint density at radius 2 is 1.97 bits per heavy atom. The zero-order chi connectivity index (χ0) is 22.1. The van der Waals surface area contributed by atoms with Crippen LogP contribution in [0.25, 0.3) is 0 Å². The molecule has 31 heavy (non-hydrogen) atoms. The van der Waals surface area contributed by atoms with Gasteiger partial charge in [0, 0.05) is 24.2 Å². The van der Waals surface area contributed by atoms with E-state index in [0.29, 0.717) is 34.2 Å². The molecule has 0 radical (unpaired) electrons. The molecule has 3 aromatic rings. The molecule has 3 heterocycles. The van der Waals surface area contributed by atoms with Gasteiger partial charge in [-0.15, -0.1) is 0 Å². The van der Waals surface area contributed by atoms with Gasteiger partial charge < -0.3 is 9.15 Å². The Labute approximate surface area is 184 Å². The maximum absolute atomic E-state index is 13.0. The quantitative estimate of drug-likeness (QED) is 0.562. The molecule has 9 heteroatoms. The summed E-state index contributed by atoms with van der Waals surface area (Å²) < 4.78 is 12.4. The average molecular weight is 441 g/mol. The van der Waals surface area contributed by atoms with Crippen LogP contribution >= 0.6 is 11.6 Å². The van der Waals surface area contributed by atoms with Crippen LogP contribution in [-0.2, 0) is 16.6 Å². The van der Waals surface area contributed by atoms with Crippen molar-refractivity contribution in [3.8, 4) is 0 Å². The molecule has 8 nitrogen and oxygen atoms in total. The van der Waals surface area contributed by atoms with E-state index < -0.39 is 24.5 Å². The minimum atomic E-state index is -0.591. The Morgan fingerprint density at radius 1 is 1.23 bits per heavy atom. The molecular formula is C22H21ClN4O4. The SMILES string of the molecule is Cc1nn(C)c(C)c1C(=O)OCC(=O)N1N=C(c2ccc(Cl)cc2)CC1c1ccco1. The number of benzene rings is 1. The third-order valence-electron chi connectivity index (χ3n) is 5.25. The summed E-state index contributed by atoms with van der Waals surface area (Å²) in [7, 11) is 1.75. The highest BCUT2D eigenvalue weighted by atomic mass is 35.5. The summed E-state index contributed by atoms with van der Waals surface area (Å²) in [5.74, 6) is -0.434. The monoisotopic (exact) mass is 440 g/mol.